The van der Waals surface area contributed by atoms with Crippen LogP contribution in [0.1, 0.15) is 278 Å². The van der Waals surface area contributed by atoms with E-state index >= 15 is 0 Å². The summed E-state index contributed by atoms with van der Waals surface area (Å²) in [4.78, 5) is 38.3. The van der Waals surface area contributed by atoms with E-state index in [4.69, 9.17) is 14.2 Å². The van der Waals surface area contributed by atoms with E-state index in [0.29, 0.717) is 19.3 Å². The molecule has 446 valence electrons. The molecule has 0 aliphatic heterocycles. The van der Waals surface area contributed by atoms with Gasteiger partial charge < -0.3 is 14.2 Å². The van der Waals surface area contributed by atoms with Crippen molar-refractivity contribution in [1.82, 2.24) is 0 Å². The normalized spacial score (nSPS) is 13.1. The zero-order chi connectivity index (χ0) is 57.1. The van der Waals surface area contributed by atoms with Crippen LogP contribution in [0.15, 0.2) is 146 Å². The molecule has 0 aromatic carbocycles. The van der Waals surface area contributed by atoms with E-state index < -0.39 is 6.10 Å². The average molecular weight is 1090 g/mol. The van der Waals surface area contributed by atoms with E-state index in [1.54, 1.807) is 0 Å². The highest BCUT2D eigenvalue weighted by Crippen LogP contribution is 2.15. The van der Waals surface area contributed by atoms with Crippen LogP contribution in [0, 0.1) is 0 Å². The second-order valence-electron chi connectivity index (χ2n) is 20.9. The number of rotatable bonds is 57. The maximum Gasteiger partial charge on any atom is 0.306 e. The fourth-order valence-corrected chi connectivity index (χ4v) is 8.54. The zero-order valence-electron chi connectivity index (χ0n) is 51.1. The minimum Gasteiger partial charge on any atom is -0.462 e. The minimum atomic E-state index is -0.818. The fraction of sp³-hybridized carbons (Fsp3) is 0.630. The van der Waals surface area contributed by atoms with Gasteiger partial charge in [0.05, 0.1) is 0 Å². The summed E-state index contributed by atoms with van der Waals surface area (Å²) < 4.78 is 16.9. The van der Waals surface area contributed by atoms with Crippen LogP contribution in [-0.2, 0) is 28.6 Å². The fourth-order valence-electron chi connectivity index (χ4n) is 8.54. The molecule has 0 amide bonds. The molecule has 0 bridgehead atoms. The standard InChI is InChI=1S/C73H118O6/c1-4-7-10-13-16-19-22-25-28-30-32-34-36-38-40-42-45-48-51-54-57-60-63-66-72(75)78-69-70(68-77-71(74)65-62-59-56-53-50-47-44-27-24-21-18-15-12-9-6-3)79-73(76)67-64-61-58-55-52-49-46-43-41-39-37-35-33-31-29-26-23-20-17-14-11-8-5-2/h7,9-10,12,16,18-19,21,23,25-28,31-34,38,40,44-45,48,54,57,70H,4-6,8,11,13-15,17,20,22,24,29-30,35-37,39,41-43,46-47,49-53,55-56,58-69H2,1-3H3/b10-7-,12-9-,19-16-,21-18-,26-23-,28-25-,33-31-,34-32-,40-38-,44-27-,48-45-,57-54-. The summed E-state index contributed by atoms with van der Waals surface area (Å²) in [7, 11) is 0. The molecule has 0 heterocycles. The molecule has 6 nitrogen and oxygen atoms in total. The lowest BCUT2D eigenvalue weighted by Crippen LogP contribution is -2.30. The molecule has 1 unspecified atom stereocenters. The number of hydrogen-bond acceptors (Lipinski definition) is 6. The first-order chi connectivity index (χ1) is 39.0. The molecule has 0 aliphatic rings. The Balaban J connectivity index is 4.49. The van der Waals surface area contributed by atoms with Crippen molar-refractivity contribution in [3.8, 4) is 0 Å². The molecular formula is C73H118O6. The number of hydrogen-bond donors (Lipinski definition) is 0. The Morgan fingerprint density at radius 2 is 0.506 bits per heavy atom. The molecule has 0 aromatic rings. The predicted octanol–water partition coefficient (Wildman–Crippen LogP) is 22.3. The van der Waals surface area contributed by atoms with E-state index in [1.165, 1.54) is 96.3 Å². The van der Waals surface area contributed by atoms with E-state index in [9.17, 15) is 14.4 Å². The molecular weight excluding hydrogens is 973 g/mol. The van der Waals surface area contributed by atoms with Gasteiger partial charge in [-0.05, 0) is 135 Å². The van der Waals surface area contributed by atoms with Crippen molar-refractivity contribution < 1.29 is 28.6 Å². The Kier molecular flexibility index (Phi) is 61.9. The lowest BCUT2D eigenvalue weighted by molar-refractivity contribution is -0.167. The summed E-state index contributed by atoms with van der Waals surface area (Å²) in [6, 6.07) is 0. The first-order valence-electron chi connectivity index (χ1n) is 32.3. The smallest absolute Gasteiger partial charge is 0.306 e. The van der Waals surface area contributed by atoms with E-state index in [-0.39, 0.29) is 37.5 Å². The van der Waals surface area contributed by atoms with Crippen LogP contribution in [0.5, 0.6) is 0 Å². The summed E-state index contributed by atoms with van der Waals surface area (Å²) in [5.41, 5.74) is 0. The Morgan fingerprint density at radius 1 is 0.266 bits per heavy atom. The first-order valence-corrected chi connectivity index (χ1v) is 32.3. The Bertz CT molecular complexity index is 1730. The van der Waals surface area contributed by atoms with Crippen LogP contribution in [0.3, 0.4) is 0 Å². The van der Waals surface area contributed by atoms with Gasteiger partial charge in [-0.25, -0.2) is 0 Å². The molecule has 1 atom stereocenters. The third kappa shape index (κ3) is 64.0. The number of esters is 3. The van der Waals surface area contributed by atoms with Crippen molar-refractivity contribution >= 4 is 17.9 Å². The van der Waals surface area contributed by atoms with Crippen molar-refractivity contribution in [3.63, 3.8) is 0 Å². The Morgan fingerprint density at radius 3 is 0.823 bits per heavy atom. The molecule has 6 heteroatoms. The van der Waals surface area contributed by atoms with Crippen molar-refractivity contribution in [1.29, 1.82) is 0 Å². The van der Waals surface area contributed by atoms with E-state index in [1.807, 2.05) is 0 Å². The molecule has 79 heavy (non-hydrogen) atoms. The second-order valence-corrected chi connectivity index (χ2v) is 20.9. The van der Waals surface area contributed by atoms with Crippen molar-refractivity contribution in [2.45, 2.75) is 284 Å². The van der Waals surface area contributed by atoms with Crippen LogP contribution in [-0.4, -0.2) is 37.2 Å². The molecule has 0 radical (unpaired) electrons. The first kappa shape index (κ1) is 74.3. The maximum absolute atomic E-state index is 12.9. The molecule has 0 aromatic heterocycles. The number of allylic oxidation sites excluding steroid dienone is 24. The van der Waals surface area contributed by atoms with Crippen LogP contribution < -0.4 is 0 Å². The summed E-state index contributed by atoms with van der Waals surface area (Å²) >= 11 is 0. The highest BCUT2D eigenvalue weighted by atomic mass is 16.6. The van der Waals surface area contributed by atoms with Gasteiger partial charge in [-0.2, -0.15) is 0 Å². The second kappa shape index (κ2) is 65.8. The number of carbonyl (C=O) groups excluding carboxylic acids is 3. The van der Waals surface area contributed by atoms with Crippen LogP contribution in [0.25, 0.3) is 0 Å². The molecule has 0 fully saturated rings. The maximum atomic E-state index is 12.9. The predicted molar refractivity (Wildman–Crippen MR) is 343 cm³/mol. The quantitative estimate of drug-likeness (QED) is 0.0261. The van der Waals surface area contributed by atoms with Crippen LogP contribution in [0.4, 0.5) is 0 Å². The van der Waals surface area contributed by atoms with Gasteiger partial charge >= 0.3 is 17.9 Å². The number of unbranched alkanes of at least 4 members (excludes halogenated alkanes) is 22. The van der Waals surface area contributed by atoms with E-state index in [0.717, 1.165) is 135 Å². The van der Waals surface area contributed by atoms with Gasteiger partial charge in [0.1, 0.15) is 13.2 Å². The largest absolute Gasteiger partial charge is 0.462 e. The minimum absolute atomic E-state index is 0.111. The van der Waals surface area contributed by atoms with Crippen molar-refractivity contribution in [3.05, 3.63) is 146 Å². The van der Waals surface area contributed by atoms with Crippen molar-refractivity contribution in [2.24, 2.45) is 0 Å². The van der Waals surface area contributed by atoms with Gasteiger partial charge in [0.15, 0.2) is 6.10 Å². The van der Waals surface area contributed by atoms with Gasteiger partial charge in [-0.15, -0.1) is 0 Å². The monoisotopic (exact) mass is 1090 g/mol. The van der Waals surface area contributed by atoms with Crippen molar-refractivity contribution in [2.75, 3.05) is 13.2 Å². The number of carbonyl (C=O) groups is 3. The summed E-state index contributed by atoms with van der Waals surface area (Å²) in [6.07, 6.45) is 94.3. The molecule has 0 aliphatic carbocycles. The Labute approximate surface area is 487 Å². The van der Waals surface area contributed by atoms with Gasteiger partial charge in [-0.1, -0.05) is 269 Å². The zero-order valence-corrected chi connectivity index (χ0v) is 51.1. The molecule has 0 N–H and O–H groups in total. The highest BCUT2D eigenvalue weighted by molar-refractivity contribution is 5.71. The lowest BCUT2D eigenvalue weighted by atomic mass is 10.0. The molecule has 0 saturated carbocycles. The van der Waals surface area contributed by atoms with Crippen LogP contribution in [0.2, 0.25) is 0 Å². The molecule has 0 spiro atoms. The van der Waals surface area contributed by atoms with E-state index in [2.05, 4.69) is 167 Å². The van der Waals surface area contributed by atoms with Crippen LogP contribution >= 0.6 is 0 Å². The van der Waals surface area contributed by atoms with Gasteiger partial charge in [-0.3, -0.25) is 14.4 Å². The Hall–Kier alpha value is -4.71. The third-order valence-electron chi connectivity index (χ3n) is 13.3. The lowest BCUT2D eigenvalue weighted by Gasteiger charge is -2.18. The van der Waals surface area contributed by atoms with Gasteiger partial charge in [0.25, 0.3) is 0 Å². The highest BCUT2D eigenvalue weighted by Gasteiger charge is 2.19. The molecule has 0 rings (SSSR count). The molecule has 0 saturated heterocycles. The summed E-state index contributed by atoms with van der Waals surface area (Å²) in [6.45, 7) is 6.35. The summed E-state index contributed by atoms with van der Waals surface area (Å²) in [5, 5.41) is 0. The summed E-state index contributed by atoms with van der Waals surface area (Å²) in [5.74, 6) is -0.989. The van der Waals surface area contributed by atoms with Gasteiger partial charge in [0.2, 0.25) is 0 Å². The number of ether oxygens (including phenoxy) is 3. The average Bonchev–Trinajstić information content (AvgIpc) is 3.45. The third-order valence-corrected chi connectivity index (χ3v) is 13.3. The topological polar surface area (TPSA) is 78.9 Å². The SMILES string of the molecule is CC/C=C\C/C=C\C/C=C\C/C=C\C/C=C\C/C=C\C/C=C\CCCC(=O)OCC(COC(=O)CCCCCCC/C=C\C/C=C\C/C=C\CC)OC(=O)CCCCCCCCCCCCC/C=C\C/C=C\CCCCCCC. The van der Waals surface area contributed by atoms with Gasteiger partial charge in [0, 0.05) is 19.3 Å².